The van der Waals surface area contributed by atoms with Crippen LogP contribution in [0.3, 0.4) is 0 Å². The first-order valence-electron chi connectivity index (χ1n) is 8.25. The molecular formula is C19H18N4O4. The number of nitrogens with zero attached hydrogens (tertiary/aromatic N) is 1. The molecule has 0 unspecified atom stereocenters. The van der Waals surface area contributed by atoms with Gasteiger partial charge in [-0.1, -0.05) is 60.7 Å². The average Bonchev–Trinajstić information content (AvgIpc) is 2.93. The zero-order chi connectivity index (χ0) is 19.6. The van der Waals surface area contributed by atoms with Gasteiger partial charge in [-0.2, -0.15) is 0 Å². The van der Waals surface area contributed by atoms with Gasteiger partial charge in [0.2, 0.25) is 0 Å². The number of hydrogen-bond acceptors (Lipinski definition) is 4. The number of carbonyl (C=O) groups is 4. The monoisotopic (exact) mass is 366 g/mol. The summed E-state index contributed by atoms with van der Waals surface area (Å²) in [5.74, 6) is -1.46. The Morgan fingerprint density at radius 1 is 1.00 bits per heavy atom. The highest BCUT2D eigenvalue weighted by atomic mass is 16.2. The van der Waals surface area contributed by atoms with E-state index in [0.29, 0.717) is 11.1 Å². The fraction of sp³-hybridized carbons (Fsp3) is 0.158. The van der Waals surface area contributed by atoms with E-state index >= 15 is 0 Å². The van der Waals surface area contributed by atoms with Gasteiger partial charge in [-0.15, -0.1) is 0 Å². The van der Waals surface area contributed by atoms with Crippen molar-refractivity contribution in [3.05, 3.63) is 71.8 Å². The number of rotatable bonds is 4. The second-order valence-electron chi connectivity index (χ2n) is 6.12. The minimum absolute atomic E-state index is 0.555. The van der Waals surface area contributed by atoms with E-state index in [0.717, 1.165) is 4.90 Å². The van der Waals surface area contributed by atoms with Crippen molar-refractivity contribution in [3.8, 4) is 0 Å². The minimum Gasteiger partial charge on any atom is -0.351 e. The summed E-state index contributed by atoms with van der Waals surface area (Å²) in [5, 5.41) is 4.62. The molecule has 27 heavy (non-hydrogen) atoms. The van der Waals surface area contributed by atoms with Crippen molar-refractivity contribution in [3.63, 3.8) is 0 Å². The van der Waals surface area contributed by atoms with Gasteiger partial charge in [0.25, 0.3) is 11.8 Å². The van der Waals surface area contributed by atoms with Crippen LogP contribution in [-0.2, 0) is 15.1 Å². The summed E-state index contributed by atoms with van der Waals surface area (Å²) < 4.78 is 0. The van der Waals surface area contributed by atoms with E-state index in [2.05, 4.69) is 5.32 Å². The Bertz CT molecular complexity index is 859. The van der Waals surface area contributed by atoms with Gasteiger partial charge in [-0.3, -0.25) is 14.9 Å². The van der Waals surface area contributed by atoms with E-state index in [-0.39, 0.29) is 0 Å². The molecule has 138 valence electrons. The number of primary amides is 1. The number of hydrogen-bond donors (Lipinski definition) is 3. The van der Waals surface area contributed by atoms with Crippen LogP contribution in [0.25, 0.3) is 0 Å². The summed E-state index contributed by atoms with van der Waals surface area (Å²) in [6.07, 6.45) is 0. The lowest BCUT2D eigenvalue weighted by Gasteiger charge is -2.28. The third-order valence-corrected chi connectivity index (χ3v) is 4.48. The van der Waals surface area contributed by atoms with Gasteiger partial charge in [0.15, 0.2) is 5.54 Å². The molecule has 0 saturated carbocycles. The smallest absolute Gasteiger partial charge is 0.326 e. The van der Waals surface area contributed by atoms with Gasteiger partial charge in [0.05, 0.1) is 0 Å². The number of amides is 6. The lowest BCUT2D eigenvalue weighted by molar-refractivity contribution is -0.136. The molecule has 4 N–H and O–H groups in total. The van der Waals surface area contributed by atoms with Crippen LogP contribution in [-0.4, -0.2) is 34.8 Å². The van der Waals surface area contributed by atoms with Gasteiger partial charge >= 0.3 is 12.1 Å². The molecule has 0 radical (unpaired) electrons. The summed E-state index contributed by atoms with van der Waals surface area (Å²) in [4.78, 5) is 50.0. The van der Waals surface area contributed by atoms with Crippen LogP contribution >= 0.6 is 0 Å². The number of nitrogens with two attached hydrogens (primary N) is 1. The van der Waals surface area contributed by atoms with Gasteiger partial charge in [-0.25, -0.2) is 14.5 Å². The Kier molecular flexibility index (Phi) is 4.64. The standard InChI is InChI=1S/C19H18N4O4/c1-12(15(24)21-17(20)26)23-16(25)19(22-18(23)27,13-8-4-2-5-9-13)14-10-6-3-7-11-14/h2-12H,1H3,(H,22,27)(H3,20,21,24,26)/t12-/m1/s1. The topological polar surface area (TPSA) is 122 Å². The summed E-state index contributed by atoms with van der Waals surface area (Å²) in [7, 11) is 0. The molecule has 0 spiro atoms. The van der Waals surface area contributed by atoms with Crippen LogP contribution in [0.2, 0.25) is 0 Å². The largest absolute Gasteiger partial charge is 0.351 e. The third-order valence-electron chi connectivity index (χ3n) is 4.48. The zero-order valence-corrected chi connectivity index (χ0v) is 14.5. The summed E-state index contributed by atoms with van der Waals surface area (Å²) in [6, 6.07) is 14.5. The van der Waals surface area contributed by atoms with E-state index in [9.17, 15) is 19.2 Å². The molecule has 6 amide bonds. The molecule has 2 aromatic rings. The number of carbonyl (C=O) groups excluding carboxylic acids is 4. The molecule has 0 aromatic heterocycles. The van der Waals surface area contributed by atoms with Gasteiger partial charge in [0.1, 0.15) is 6.04 Å². The SMILES string of the molecule is C[C@H](C(=O)NC(N)=O)N1C(=O)NC(c2ccccc2)(c2ccccc2)C1=O. The minimum atomic E-state index is -1.47. The molecule has 1 aliphatic heterocycles. The van der Waals surface area contributed by atoms with Crippen LogP contribution in [0.15, 0.2) is 60.7 Å². The van der Waals surface area contributed by atoms with Crippen LogP contribution in [0, 0.1) is 0 Å². The van der Waals surface area contributed by atoms with Gasteiger partial charge in [-0.05, 0) is 18.1 Å². The fourth-order valence-corrected chi connectivity index (χ4v) is 3.18. The van der Waals surface area contributed by atoms with Crippen molar-refractivity contribution >= 4 is 23.9 Å². The predicted octanol–water partition coefficient (Wildman–Crippen LogP) is 1.07. The summed E-state index contributed by atoms with van der Waals surface area (Å²) in [5.41, 5.74) is 4.60. The first-order chi connectivity index (χ1) is 12.9. The van der Waals surface area contributed by atoms with Crippen molar-refractivity contribution in [2.45, 2.75) is 18.5 Å². The Morgan fingerprint density at radius 3 is 1.93 bits per heavy atom. The molecule has 1 heterocycles. The lowest BCUT2D eigenvalue weighted by Crippen LogP contribution is -2.51. The van der Waals surface area contributed by atoms with E-state index in [1.165, 1.54) is 6.92 Å². The normalized spacial score (nSPS) is 16.6. The van der Waals surface area contributed by atoms with Crippen molar-refractivity contribution in [1.29, 1.82) is 0 Å². The second kappa shape index (κ2) is 6.91. The first-order valence-corrected chi connectivity index (χ1v) is 8.25. The van der Waals surface area contributed by atoms with Crippen molar-refractivity contribution < 1.29 is 19.2 Å². The lowest BCUT2D eigenvalue weighted by atomic mass is 9.82. The van der Waals surface area contributed by atoms with E-state index < -0.39 is 35.5 Å². The maximum atomic E-state index is 13.4. The summed E-state index contributed by atoms with van der Waals surface area (Å²) >= 11 is 0. The average molecular weight is 366 g/mol. The van der Waals surface area contributed by atoms with E-state index in [1.54, 1.807) is 60.7 Å². The number of nitrogens with one attached hydrogen (secondary N) is 2. The molecule has 8 heteroatoms. The Hall–Kier alpha value is -3.68. The maximum Gasteiger partial charge on any atom is 0.326 e. The van der Waals surface area contributed by atoms with Crippen LogP contribution in [0.1, 0.15) is 18.1 Å². The highest BCUT2D eigenvalue weighted by Gasteiger charge is 2.55. The Balaban J connectivity index is 2.09. The molecule has 1 saturated heterocycles. The quantitative estimate of drug-likeness (QED) is 0.701. The van der Waals surface area contributed by atoms with Gasteiger partial charge in [0, 0.05) is 0 Å². The molecule has 8 nitrogen and oxygen atoms in total. The maximum absolute atomic E-state index is 13.4. The predicted molar refractivity (Wildman–Crippen MR) is 96.2 cm³/mol. The van der Waals surface area contributed by atoms with E-state index in [1.807, 2.05) is 5.32 Å². The molecule has 0 aliphatic carbocycles. The van der Waals surface area contributed by atoms with Crippen LogP contribution < -0.4 is 16.4 Å². The number of imide groups is 2. The molecule has 1 atom stereocenters. The second-order valence-corrected chi connectivity index (χ2v) is 6.12. The van der Waals surface area contributed by atoms with Crippen molar-refractivity contribution in [2.75, 3.05) is 0 Å². The third kappa shape index (κ3) is 3.01. The Labute approximate surface area is 155 Å². The Morgan fingerprint density at radius 2 is 1.48 bits per heavy atom. The van der Waals surface area contributed by atoms with Crippen LogP contribution in [0.5, 0.6) is 0 Å². The number of urea groups is 2. The highest BCUT2D eigenvalue weighted by molar-refractivity contribution is 6.12. The van der Waals surface area contributed by atoms with Crippen molar-refractivity contribution in [1.82, 2.24) is 15.5 Å². The highest BCUT2D eigenvalue weighted by Crippen LogP contribution is 2.36. The zero-order valence-electron chi connectivity index (χ0n) is 14.5. The molecule has 3 rings (SSSR count). The molecule has 2 aromatic carbocycles. The first kappa shape index (κ1) is 18.1. The molecule has 1 aliphatic rings. The molecule has 0 bridgehead atoms. The number of benzene rings is 2. The summed E-state index contributed by atoms with van der Waals surface area (Å²) in [6.45, 7) is 1.35. The molecule has 1 fully saturated rings. The van der Waals surface area contributed by atoms with E-state index in [4.69, 9.17) is 5.73 Å². The fourth-order valence-electron chi connectivity index (χ4n) is 3.18. The van der Waals surface area contributed by atoms with Crippen molar-refractivity contribution in [2.24, 2.45) is 5.73 Å². The molecular weight excluding hydrogens is 348 g/mol. The van der Waals surface area contributed by atoms with Gasteiger partial charge < -0.3 is 11.1 Å². The van der Waals surface area contributed by atoms with Crippen LogP contribution in [0.4, 0.5) is 9.59 Å².